The van der Waals surface area contributed by atoms with Crippen molar-refractivity contribution in [1.82, 2.24) is 0 Å². The molecule has 5 nitrogen and oxygen atoms in total. The number of amides is 1. The van der Waals surface area contributed by atoms with E-state index in [0.717, 1.165) is 12.1 Å². The summed E-state index contributed by atoms with van der Waals surface area (Å²) in [5.41, 5.74) is -3.18. The molecule has 0 aliphatic rings. The number of esters is 1. The predicted molar refractivity (Wildman–Crippen MR) is 77.0 cm³/mol. The van der Waals surface area contributed by atoms with Crippen molar-refractivity contribution in [2.24, 2.45) is 0 Å². The molecule has 8 heteroatoms. The molecular formula is C15H16F3NO4. The van der Waals surface area contributed by atoms with Crippen molar-refractivity contribution in [2.75, 3.05) is 11.9 Å². The average Bonchev–Trinajstić information content (AvgIpc) is 2.58. The van der Waals surface area contributed by atoms with Crippen LogP contribution in [0.2, 0.25) is 0 Å². The molecule has 0 atom stereocenters. The fourth-order valence-electron chi connectivity index (χ4n) is 1.91. The van der Waals surface area contributed by atoms with E-state index in [9.17, 15) is 27.6 Å². The summed E-state index contributed by atoms with van der Waals surface area (Å²) in [5.74, 6) is -2.70. The SMILES string of the molecule is CCCc1ccc(NC(=O)C(=O)OCC)c(C(F)(F)F)c(=O)c1. The molecule has 0 aromatic heterocycles. The maximum absolute atomic E-state index is 13.1. The summed E-state index contributed by atoms with van der Waals surface area (Å²) in [6.07, 6.45) is -3.93. The summed E-state index contributed by atoms with van der Waals surface area (Å²) in [4.78, 5) is 34.7. The highest BCUT2D eigenvalue weighted by molar-refractivity contribution is 6.37. The topological polar surface area (TPSA) is 72.5 Å². The van der Waals surface area contributed by atoms with E-state index >= 15 is 0 Å². The molecule has 0 aliphatic heterocycles. The smallest absolute Gasteiger partial charge is 0.422 e. The average molecular weight is 331 g/mol. The third-order valence-electron chi connectivity index (χ3n) is 2.83. The van der Waals surface area contributed by atoms with Gasteiger partial charge in [-0.15, -0.1) is 0 Å². The standard InChI is InChI=1S/C15H16F3NO4/c1-3-5-9-6-7-10(19-13(21)14(22)23-4-2)12(11(20)8-9)15(16,17)18/h6-8H,3-5H2,1-2H3,(H,19,21). The van der Waals surface area contributed by atoms with Gasteiger partial charge < -0.3 is 10.1 Å². The Hall–Kier alpha value is -2.38. The molecule has 126 valence electrons. The summed E-state index contributed by atoms with van der Waals surface area (Å²) in [7, 11) is 0. The molecule has 0 saturated heterocycles. The van der Waals surface area contributed by atoms with E-state index in [2.05, 4.69) is 4.74 Å². The van der Waals surface area contributed by atoms with Gasteiger partial charge in [0.2, 0.25) is 0 Å². The molecule has 1 rings (SSSR count). The first-order chi connectivity index (χ1) is 10.7. The van der Waals surface area contributed by atoms with Gasteiger partial charge in [0.25, 0.3) is 0 Å². The van der Waals surface area contributed by atoms with Gasteiger partial charge in [0.1, 0.15) is 5.56 Å². The Bertz CT molecular complexity index is 656. The second-order valence-corrected chi connectivity index (χ2v) is 4.63. The van der Waals surface area contributed by atoms with E-state index in [-0.39, 0.29) is 6.61 Å². The van der Waals surface area contributed by atoms with Crippen molar-refractivity contribution in [3.63, 3.8) is 0 Å². The van der Waals surface area contributed by atoms with Gasteiger partial charge in [-0.1, -0.05) is 19.4 Å². The van der Waals surface area contributed by atoms with Gasteiger partial charge in [0.15, 0.2) is 5.43 Å². The molecular weight excluding hydrogens is 315 g/mol. The maximum Gasteiger partial charge on any atom is 0.422 e. The number of hydrogen-bond acceptors (Lipinski definition) is 4. The van der Waals surface area contributed by atoms with Gasteiger partial charge in [-0.25, -0.2) is 4.79 Å². The van der Waals surface area contributed by atoms with Crippen molar-refractivity contribution in [3.8, 4) is 0 Å². The first-order valence-electron chi connectivity index (χ1n) is 6.93. The lowest BCUT2D eigenvalue weighted by Crippen LogP contribution is -2.28. The minimum atomic E-state index is -4.98. The number of carbonyl (C=O) groups is 2. The number of nitrogens with one attached hydrogen (secondary N) is 1. The Morgan fingerprint density at radius 3 is 2.39 bits per heavy atom. The number of rotatable bonds is 4. The van der Waals surface area contributed by atoms with Crippen LogP contribution in [0.4, 0.5) is 18.9 Å². The van der Waals surface area contributed by atoms with E-state index < -0.39 is 34.7 Å². The van der Waals surface area contributed by atoms with Gasteiger partial charge in [0, 0.05) is 0 Å². The predicted octanol–water partition coefficient (Wildman–Crippen LogP) is 2.52. The molecule has 0 fully saturated rings. The molecule has 1 aromatic rings. The zero-order valence-electron chi connectivity index (χ0n) is 12.6. The van der Waals surface area contributed by atoms with Crippen LogP contribution in [0.15, 0.2) is 23.0 Å². The molecule has 1 N–H and O–H groups in total. The molecule has 23 heavy (non-hydrogen) atoms. The molecule has 0 saturated carbocycles. The van der Waals surface area contributed by atoms with Gasteiger partial charge in [-0.3, -0.25) is 9.59 Å². The maximum atomic E-state index is 13.1. The molecule has 0 aliphatic carbocycles. The van der Waals surface area contributed by atoms with Crippen LogP contribution < -0.4 is 10.7 Å². The zero-order chi connectivity index (χ0) is 17.6. The van der Waals surface area contributed by atoms with Crippen molar-refractivity contribution >= 4 is 17.6 Å². The van der Waals surface area contributed by atoms with E-state index in [1.165, 1.54) is 13.0 Å². The van der Waals surface area contributed by atoms with Crippen molar-refractivity contribution in [1.29, 1.82) is 0 Å². The van der Waals surface area contributed by atoms with Crippen molar-refractivity contribution in [2.45, 2.75) is 32.9 Å². The fourth-order valence-corrected chi connectivity index (χ4v) is 1.91. The second-order valence-electron chi connectivity index (χ2n) is 4.63. The third-order valence-corrected chi connectivity index (χ3v) is 2.83. The highest BCUT2D eigenvalue weighted by atomic mass is 19.4. The number of anilines is 1. The monoisotopic (exact) mass is 331 g/mol. The van der Waals surface area contributed by atoms with Crippen LogP contribution in [0.3, 0.4) is 0 Å². The van der Waals surface area contributed by atoms with Crippen LogP contribution in [0.1, 0.15) is 31.4 Å². The Morgan fingerprint density at radius 2 is 1.87 bits per heavy atom. The number of carbonyl (C=O) groups excluding carboxylic acids is 2. The minimum absolute atomic E-state index is 0.103. The van der Waals surface area contributed by atoms with Crippen LogP contribution in [0.25, 0.3) is 0 Å². The largest absolute Gasteiger partial charge is 0.459 e. The lowest BCUT2D eigenvalue weighted by atomic mass is 10.2. The number of hydrogen-bond donors (Lipinski definition) is 1. The molecule has 1 amide bonds. The molecule has 0 heterocycles. The van der Waals surface area contributed by atoms with Gasteiger partial charge >= 0.3 is 18.1 Å². The zero-order valence-corrected chi connectivity index (χ0v) is 12.6. The van der Waals surface area contributed by atoms with Crippen LogP contribution >= 0.6 is 0 Å². The van der Waals surface area contributed by atoms with Crippen molar-refractivity contribution in [3.05, 3.63) is 39.5 Å². The molecule has 0 bridgehead atoms. The van der Waals surface area contributed by atoms with Gasteiger partial charge in [-0.05, 0) is 31.0 Å². The number of alkyl halides is 3. The van der Waals surface area contributed by atoms with E-state index in [1.807, 2.05) is 6.92 Å². The normalized spacial score (nSPS) is 11.0. The summed E-state index contributed by atoms with van der Waals surface area (Å²) >= 11 is 0. The second kappa shape index (κ2) is 7.75. The van der Waals surface area contributed by atoms with Crippen molar-refractivity contribution < 1.29 is 27.5 Å². The molecule has 0 unspecified atom stereocenters. The first-order valence-corrected chi connectivity index (χ1v) is 6.93. The Morgan fingerprint density at radius 1 is 1.22 bits per heavy atom. The lowest BCUT2D eigenvalue weighted by molar-refractivity contribution is -0.152. The minimum Gasteiger partial charge on any atom is -0.459 e. The van der Waals surface area contributed by atoms with Gasteiger partial charge in [-0.2, -0.15) is 13.2 Å². The number of halogens is 3. The Balaban J connectivity index is 3.37. The quantitative estimate of drug-likeness (QED) is 0.680. The number of ether oxygens (including phenoxy) is 1. The Labute approximate surface area is 130 Å². The van der Waals surface area contributed by atoms with E-state index in [0.29, 0.717) is 18.4 Å². The summed E-state index contributed by atoms with van der Waals surface area (Å²) < 4.78 is 43.8. The van der Waals surface area contributed by atoms with Gasteiger partial charge in [0.05, 0.1) is 12.3 Å². The lowest BCUT2D eigenvalue weighted by Gasteiger charge is -2.10. The highest BCUT2D eigenvalue weighted by Crippen LogP contribution is 2.32. The highest BCUT2D eigenvalue weighted by Gasteiger charge is 2.37. The van der Waals surface area contributed by atoms with Crippen LogP contribution in [-0.4, -0.2) is 18.5 Å². The molecule has 0 spiro atoms. The third kappa shape index (κ3) is 5.08. The molecule has 0 radical (unpaired) electrons. The number of aryl methyl sites for hydroxylation is 1. The fraction of sp³-hybridized carbons (Fsp3) is 0.400. The van der Waals surface area contributed by atoms with Crippen LogP contribution in [0.5, 0.6) is 0 Å². The summed E-state index contributed by atoms with van der Waals surface area (Å²) in [6, 6.07) is 3.15. The van der Waals surface area contributed by atoms with E-state index in [1.54, 1.807) is 5.32 Å². The summed E-state index contributed by atoms with van der Waals surface area (Å²) in [6.45, 7) is 3.15. The van der Waals surface area contributed by atoms with E-state index in [4.69, 9.17) is 0 Å². The first kappa shape index (κ1) is 18.7. The summed E-state index contributed by atoms with van der Waals surface area (Å²) in [5, 5.41) is 1.80. The Kier molecular flexibility index (Phi) is 6.29. The van der Waals surface area contributed by atoms with Crippen LogP contribution in [0, 0.1) is 0 Å². The van der Waals surface area contributed by atoms with Crippen LogP contribution in [-0.2, 0) is 26.9 Å². The molecule has 1 aromatic carbocycles.